The van der Waals surface area contributed by atoms with Gasteiger partial charge in [0.1, 0.15) is 0 Å². The van der Waals surface area contributed by atoms with Crippen molar-refractivity contribution >= 4 is 31.8 Å². The van der Waals surface area contributed by atoms with Crippen molar-refractivity contribution in [2.75, 3.05) is 6.54 Å². The van der Waals surface area contributed by atoms with Gasteiger partial charge in [0.05, 0.1) is 9.80 Å². The third-order valence-corrected chi connectivity index (χ3v) is 4.99. The molecule has 0 radical (unpaired) electrons. The quantitative estimate of drug-likeness (QED) is 0.932. The number of fused-ring (bicyclic) bond motifs is 1. The molecule has 1 aliphatic rings. The zero-order valence-electron chi connectivity index (χ0n) is 9.70. The molecule has 0 fully saturated rings. The number of hydrogen-bond donors (Lipinski definition) is 1. The highest BCUT2D eigenvalue weighted by molar-refractivity contribution is 9.10. The summed E-state index contributed by atoms with van der Waals surface area (Å²) >= 11 is 3.30. The molecule has 92 valence electrons. The van der Waals surface area contributed by atoms with Crippen LogP contribution in [0.5, 0.6) is 0 Å². The summed E-state index contributed by atoms with van der Waals surface area (Å²) in [7, 11) is -3.30. The average Bonchev–Trinajstić information content (AvgIpc) is 2.48. The Morgan fingerprint density at radius 3 is 2.71 bits per heavy atom. The Morgan fingerprint density at radius 1 is 1.35 bits per heavy atom. The summed E-state index contributed by atoms with van der Waals surface area (Å²) in [5.74, 6) is 0. The molecular formula is C12H14BrNO2S. The third kappa shape index (κ3) is 2.46. The van der Waals surface area contributed by atoms with Crippen LogP contribution in [0.25, 0.3) is 6.08 Å². The number of hydrogen-bond acceptors (Lipinski definition) is 3. The smallest absolute Gasteiger partial charge is 0.204 e. The molecule has 1 aromatic rings. The maximum atomic E-state index is 12.2. The molecule has 17 heavy (non-hydrogen) atoms. The van der Waals surface area contributed by atoms with E-state index in [2.05, 4.69) is 21.2 Å². The van der Waals surface area contributed by atoms with E-state index >= 15 is 0 Å². The maximum Gasteiger partial charge on any atom is 0.204 e. The Balaban J connectivity index is 2.36. The molecule has 1 aromatic carbocycles. The Kier molecular flexibility index (Phi) is 3.43. The van der Waals surface area contributed by atoms with Crippen LogP contribution in [0.15, 0.2) is 32.5 Å². The molecule has 0 bridgehead atoms. The minimum absolute atomic E-state index is 0.265. The van der Waals surface area contributed by atoms with Gasteiger partial charge in [-0.25, -0.2) is 8.42 Å². The summed E-state index contributed by atoms with van der Waals surface area (Å²) in [5.41, 5.74) is 0.772. The second-order valence-electron chi connectivity index (χ2n) is 4.33. The molecule has 2 rings (SSSR count). The molecule has 0 atom stereocenters. The summed E-state index contributed by atoms with van der Waals surface area (Å²) in [5, 5.41) is 3.13. The highest BCUT2D eigenvalue weighted by atomic mass is 79.9. The van der Waals surface area contributed by atoms with Crippen molar-refractivity contribution in [3.05, 3.63) is 33.1 Å². The first-order valence-corrected chi connectivity index (χ1v) is 7.67. The third-order valence-electron chi connectivity index (χ3n) is 2.61. The lowest BCUT2D eigenvalue weighted by Crippen LogP contribution is -2.26. The topological polar surface area (TPSA) is 46.2 Å². The van der Waals surface area contributed by atoms with E-state index < -0.39 is 9.84 Å². The van der Waals surface area contributed by atoms with Gasteiger partial charge in [0.2, 0.25) is 9.84 Å². The van der Waals surface area contributed by atoms with Crippen LogP contribution in [0.4, 0.5) is 0 Å². The second kappa shape index (κ2) is 4.55. The minimum atomic E-state index is -3.30. The molecule has 1 heterocycles. The number of benzene rings is 1. The summed E-state index contributed by atoms with van der Waals surface area (Å²) < 4.78 is 25.2. The van der Waals surface area contributed by atoms with Gasteiger partial charge >= 0.3 is 0 Å². The largest absolute Gasteiger partial charge is 0.310 e. The lowest BCUT2D eigenvalue weighted by molar-refractivity contribution is 0.593. The molecule has 1 N–H and O–H groups in total. The van der Waals surface area contributed by atoms with Crippen molar-refractivity contribution in [1.29, 1.82) is 0 Å². The first-order chi connectivity index (χ1) is 7.91. The zero-order chi connectivity index (χ0) is 12.6. The lowest BCUT2D eigenvalue weighted by Gasteiger charge is -2.08. The van der Waals surface area contributed by atoms with Gasteiger partial charge in [-0.2, -0.15) is 0 Å². The lowest BCUT2D eigenvalue weighted by atomic mass is 10.2. The molecule has 1 aliphatic heterocycles. The van der Waals surface area contributed by atoms with E-state index in [-0.39, 0.29) is 6.04 Å². The summed E-state index contributed by atoms with van der Waals surface area (Å²) in [4.78, 5) is 0.840. The van der Waals surface area contributed by atoms with Crippen molar-refractivity contribution in [2.45, 2.75) is 24.8 Å². The zero-order valence-corrected chi connectivity index (χ0v) is 12.1. The molecule has 0 spiro atoms. The van der Waals surface area contributed by atoms with Crippen LogP contribution in [0.2, 0.25) is 0 Å². The van der Waals surface area contributed by atoms with E-state index in [0.717, 1.165) is 10.0 Å². The Labute approximate surface area is 110 Å². The van der Waals surface area contributed by atoms with E-state index in [0.29, 0.717) is 16.3 Å². The standard InChI is InChI=1S/C12H14BrNO2S/c1-8(2)14-7-11-5-9-3-4-10(13)6-12(9)17(11,15)16/h3-6,8,14H,7H2,1-2H3. The Hall–Kier alpha value is -0.650. The molecule has 0 aromatic heterocycles. The van der Waals surface area contributed by atoms with Crippen LogP contribution in [-0.4, -0.2) is 21.0 Å². The van der Waals surface area contributed by atoms with Gasteiger partial charge < -0.3 is 5.32 Å². The number of rotatable bonds is 3. The molecule has 3 nitrogen and oxygen atoms in total. The molecular weight excluding hydrogens is 302 g/mol. The molecule has 0 saturated heterocycles. The van der Waals surface area contributed by atoms with E-state index in [4.69, 9.17) is 0 Å². The van der Waals surface area contributed by atoms with Crippen LogP contribution < -0.4 is 5.32 Å². The number of halogens is 1. The second-order valence-corrected chi connectivity index (χ2v) is 7.22. The average molecular weight is 316 g/mol. The fourth-order valence-corrected chi connectivity index (χ4v) is 3.77. The van der Waals surface area contributed by atoms with Crippen molar-refractivity contribution in [1.82, 2.24) is 5.32 Å². The van der Waals surface area contributed by atoms with Gasteiger partial charge in [0, 0.05) is 17.1 Å². The van der Waals surface area contributed by atoms with Crippen molar-refractivity contribution in [3.8, 4) is 0 Å². The first kappa shape index (κ1) is 12.8. The van der Waals surface area contributed by atoms with Crippen LogP contribution in [0, 0.1) is 0 Å². The SMILES string of the molecule is CC(C)NCC1=Cc2ccc(Br)cc2S1(=O)=O. The predicted octanol–water partition coefficient (Wildman–Crippen LogP) is 2.58. The van der Waals surface area contributed by atoms with Gasteiger partial charge in [0.15, 0.2) is 0 Å². The van der Waals surface area contributed by atoms with Gasteiger partial charge in [-0.1, -0.05) is 35.8 Å². The van der Waals surface area contributed by atoms with Crippen LogP contribution >= 0.6 is 15.9 Å². The fraction of sp³-hybridized carbons (Fsp3) is 0.333. The molecule has 0 unspecified atom stereocenters. The van der Waals surface area contributed by atoms with E-state index in [9.17, 15) is 8.42 Å². The Morgan fingerprint density at radius 2 is 2.06 bits per heavy atom. The van der Waals surface area contributed by atoms with Crippen molar-refractivity contribution < 1.29 is 8.42 Å². The van der Waals surface area contributed by atoms with E-state index in [1.807, 2.05) is 26.0 Å². The number of sulfone groups is 1. The minimum Gasteiger partial charge on any atom is -0.310 e. The van der Waals surface area contributed by atoms with E-state index in [1.165, 1.54) is 0 Å². The molecule has 0 aliphatic carbocycles. The number of nitrogens with one attached hydrogen (secondary N) is 1. The van der Waals surface area contributed by atoms with E-state index in [1.54, 1.807) is 12.1 Å². The highest BCUT2D eigenvalue weighted by Gasteiger charge is 2.29. The maximum absolute atomic E-state index is 12.2. The summed E-state index contributed by atoms with van der Waals surface area (Å²) in [6.07, 6.45) is 1.74. The van der Waals surface area contributed by atoms with Crippen LogP contribution in [0.1, 0.15) is 19.4 Å². The van der Waals surface area contributed by atoms with Crippen molar-refractivity contribution in [3.63, 3.8) is 0 Å². The van der Waals surface area contributed by atoms with Crippen molar-refractivity contribution in [2.24, 2.45) is 0 Å². The Bertz CT molecular complexity index is 576. The van der Waals surface area contributed by atoms with Gasteiger partial charge in [-0.3, -0.25) is 0 Å². The summed E-state index contributed by atoms with van der Waals surface area (Å²) in [6, 6.07) is 5.59. The van der Waals surface area contributed by atoms with Gasteiger partial charge in [0.25, 0.3) is 0 Å². The molecule has 5 heteroatoms. The highest BCUT2D eigenvalue weighted by Crippen LogP contribution is 2.34. The fourth-order valence-electron chi connectivity index (χ4n) is 1.70. The van der Waals surface area contributed by atoms with Crippen LogP contribution in [-0.2, 0) is 9.84 Å². The van der Waals surface area contributed by atoms with Gasteiger partial charge in [-0.05, 0) is 23.8 Å². The molecule has 0 amide bonds. The van der Waals surface area contributed by atoms with Gasteiger partial charge in [-0.15, -0.1) is 0 Å². The predicted molar refractivity (Wildman–Crippen MR) is 72.4 cm³/mol. The van der Waals surface area contributed by atoms with Crippen LogP contribution in [0.3, 0.4) is 0 Å². The monoisotopic (exact) mass is 315 g/mol. The summed E-state index contributed by atoms with van der Waals surface area (Å²) in [6.45, 7) is 4.37. The molecule has 0 saturated carbocycles. The normalized spacial score (nSPS) is 17.1. The first-order valence-electron chi connectivity index (χ1n) is 5.40.